The van der Waals surface area contributed by atoms with Crippen LogP contribution in [0.4, 0.5) is 15.0 Å². The second kappa shape index (κ2) is 3.83. The zero-order chi connectivity index (χ0) is 11.9. The smallest absolute Gasteiger partial charge is 0.416 e. The first-order valence-corrected chi connectivity index (χ1v) is 5.78. The van der Waals surface area contributed by atoms with E-state index >= 15 is 0 Å². The molecule has 16 heavy (non-hydrogen) atoms. The van der Waals surface area contributed by atoms with Crippen molar-refractivity contribution in [3.05, 3.63) is 21.7 Å². The summed E-state index contributed by atoms with van der Waals surface area (Å²) < 4.78 is 19.4. The fourth-order valence-electron chi connectivity index (χ4n) is 1.54. The van der Waals surface area contributed by atoms with Gasteiger partial charge in [0, 0.05) is 9.77 Å². The van der Waals surface area contributed by atoms with Crippen LogP contribution in [0.3, 0.4) is 0 Å². The van der Waals surface area contributed by atoms with Crippen LogP contribution in [0.15, 0.2) is 12.3 Å². The van der Waals surface area contributed by atoms with Gasteiger partial charge >= 0.3 is 6.09 Å². The maximum absolute atomic E-state index is 13.6. The highest BCUT2D eigenvalue weighted by Crippen LogP contribution is 2.28. The molecular formula is C10H10FIN2O2. The number of carbonyl (C=O) groups is 1. The Morgan fingerprint density at radius 1 is 1.62 bits per heavy atom. The first-order chi connectivity index (χ1) is 7.39. The van der Waals surface area contributed by atoms with Crippen LogP contribution >= 0.6 is 22.6 Å². The molecule has 1 aromatic heterocycles. The molecule has 0 spiro atoms. The second-order valence-electron chi connectivity index (χ2n) is 4.17. The summed E-state index contributed by atoms with van der Waals surface area (Å²) in [5, 5.41) is 0. The van der Waals surface area contributed by atoms with Crippen LogP contribution in [0.1, 0.15) is 13.8 Å². The molecule has 2 heterocycles. The summed E-state index contributed by atoms with van der Waals surface area (Å²) >= 11 is 1.96. The van der Waals surface area contributed by atoms with Gasteiger partial charge in [-0.1, -0.05) is 0 Å². The number of amides is 1. The number of rotatable bonds is 1. The van der Waals surface area contributed by atoms with Crippen LogP contribution in [0, 0.1) is 9.39 Å². The van der Waals surface area contributed by atoms with E-state index in [0.29, 0.717) is 10.1 Å². The van der Waals surface area contributed by atoms with E-state index in [1.807, 2.05) is 22.6 Å². The Morgan fingerprint density at radius 3 is 2.81 bits per heavy atom. The molecule has 2 rings (SSSR count). The van der Waals surface area contributed by atoms with Gasteiger partial charge in [-0.15, -0.1) is 0 Å². The lowest BCUT2D eigenvalue weighted by Gasteiger charge is -2.15. The number of cyclic esters (lactones) is 1. The monoisotopic (exact) mass is 336 g/mol. The third-order valence-electron chi connectivity index (χ3n) is 2.17. The molecule has 6 heteroatoms. The Kier molecular flexibility index (Phi) is 2.77. The lowest BCUT2D eigenvalue weighted by molar-refractivity contribution is 0.0871. The van der Waals surface area contributed by atoms with E-state index in [9.17, 15) is 9.18 Å². The first kappa shape index (κ1) is 11.6. The SMILES string of the molecule is CC1(C)CN(c2ncc(I)cc2F)C(=O)O1. The Hall–Kier alpha value is -0.920. The number of ether oxygens (including phenoxy) is 1. The minimum Gasteiger partial charge on any atom is -0.441 e. The zero-order valence-corrected chi connectivity index (χ0v) is 11.0. The third-order valence-corrected chi connectivity index (χ3v) is 2.76. The highest BCUT2D eigenvalue weighted by molar-refractivity contribution is 14.1. The zero-order valence-electron chi connectivity index (χ0n) is 8.83. The number of anilines is 1. The summed E-state index contributed by atoms with van der Waals surface area (Å²) in [5.74, 6) is -0.488. The molecule has 1 aliphatic heterocycles. The van der Waals surface area contributed by atoms with Gasteiger partial charge in [0.1, 0.15) is 5.60 Å². The van der Waals surface area contributed by atoms with Crippen molar-refractivity contribution >= 4 is 34.5 Å². The quantitative estimate of drug-likeness (QED) is 0.741. The van der Waals surface area contributed by atoms with Gasteiger partial charge < -0.3 is 4.74 Å². The van der Waals surface area contributed by atoms with Crippen molar-refractivity contribution in [2.75, 3.05) is 11.4 Å². The van der Waals surface area contributed by atoms with Gasteiger partial charge in [0.05, 0.1) is 6.54 Å². The van der Waals surface area contributed by atoms with Crippen molar-refractivity contribution in [3.63, 3.8) is 0 Å². The Labute approximate surface area is 106 Å². The lowest BCUT2D eigenvalue weighted by atomic mass is 10.1. The van der Waals surface area contributed by atoms with Gasteiger partial charge in [0.25, 0.3) is 0 Å². The van der Waals surface area contributed by atoms with Gasteiger partial charge in [0.2, 0.25) is 0 Å². The average molecular weight is 336 g/mol. The molecule has 0 radical (unpaired) electrons. The van der Waals surface area contributed by atoms with Crippen LogP contribution in [-0.2, 0) is 4.74 Å². The Bertz CT molecular complexity index is 450. The van der Waals surface area contributed by atoms with E-state index in [1.54, 1.807) is 13.8 Å². The molecule has 0 saturated carbocycles. The number of pyridine rings is 1. The molecule has 0 unspecified atom stereocenters. The second-order valence-corrected chi connectivity index (χ2v) is 5.42. The molecule has 1 aliphatic rings. The maximum atomic E-state index is 13.6. The van der Waals surface area contributed by atoms with Crippen LogP contribution in [0.5, 0.6) is 0 Å². The van der Waals surface area contributed by atoms with E-state index in [2.05, 4.69) is 4.98 Å². The molecule has 0 aromatic carbocycles. The molecule has 1 fully saturated rings. The maximum Gasteiger partial charge on any atom is 0.416 e. The molecule has 1 aromatic rings. The molecule has 86 valence electrons. The first-order valence-electron chi connectivity index (χ1n) is 4.71. The predicted octanol–water partition coefficient (Wildman–Crippen LogP) is 2.56. The van der Waals surface area contributed by atoms with E-state index in [-0.39, 0.29) is 5.82 Å². The topological polar surface area (TPSA) is 42.4 Å². The summed E-state index contributed by atoms with van der Waals surface area (Å²) in [6, 6.07) is 1.33. The molecule has 1 amide bonds. The van der Waals surface area contributed by atoms with Gasteiger partial charge in [0.15, 0.2) is 11.6 Å². The normalized spacial score (nSPS) is 18.8. The fourth-order valence-corrected chi connectivity index (χ4v) is 1.95. The lowest BCUT2D eigenvalue weighted by Crippen LogP contribution is -2.29. The molecule has 0 bridgehead atoms. The minimum atomic E-state index is -0.603. The third kappa shape index (κ3) is 2.11. The molecule has 0 atom stereocenters. The standard InChI is InChI=1S/C10H10FIN2O2/c1-10(2)5-14(9(15)16-10)8-7(11)3-6(12)4-13-8/h3-4H,5H2,1-2H3. The number of halogens is 2. The van der Waals surface area contributed by atoms with Crippen LogP contribution in [-0.4, -0.2) is 23.2 Å². The molecule has 1 saturated heterocycles. The highest BCUT2D eigenvalue weighted by Gasteiger charge is 2.40. The number of hydrogen-bond acceptors (Lipinski definition) is 3. The molecule has 0 aliphatic carbocycles. The van der Waals surface area contributed by atoms with Gasteiger partial charge in [-0.3, -0.25) is 4.90 Å². The fraction of sp³-hybridized carbons (Fsp3) is 0.400. The van der Waals surface area contributed by atoms with Crippen LogP contribution < -0.4 is 4.90 Å². The highest BCUT2D eigenvalue weighted by atomic mass is 127. The minimum absolute atomic E-state index is 0.0241. The number of hydrogen-bond donors (Lipinski definition) is 0. The van der Waals surface area contributed by atoms with Crippen molar-refractivity contribution in [1.29, 1.82) is 0 Å². The van der Waals surface area contributed by atoms with Gasteiger partial charge in [-0.05, 0) is 42.5 Å². The van der Waals surface area contributed by atoms with E-state index in [1.165, 1.54) is 17.2 Å². The summed E-state index contributed by atoms with van der Waals surface area (Å²) in [7, 11) is 0. The van der Waals surface area contributed by atoms with Crippen molar-refractivity contribution in [3.8, 4) is 0 Å². The summed E-state index contributed by atoms with van der Waals surface area (Å²) in [5.41, 5.74) is -0.603. The number of aromatic nitrogens is 1. The van der Waals surface area contributed by atoms with Crippen LogP contribution in [0.2, 0.25) is 0 Å². The van der Waals surface area contributed by atoms with Gasteiger partial charge in [-0.2, -0.15) is 0 Å². The summed E-state index contributed by atoms with van der Waals surface area (Å²) in [6.45, 7) is 3.85. The summed E-state index contributed by atoms with van der Waals surface area (Å²) in [4.78, 5) is 16.7. The van der Waals surface area contributed by atoms with Crippen LogP contribution in [0.25, 0.3) is 0 Å². The summed E-state index contributed by atoms with van der Waals surface area (Å²) in [6.07, 6.45) is 0.954. The number of carbonyl (C=O) groups excluding carboxylic acids is 1. The molecule has 4 nitrogen and oxygen atoms in total. The van der Waals surface area contributed by atoms with Gasteiger partial charge in [-0.25, -0.2) is 14.2 Å². The van der Waals surface area contributed by atoms with Crippen molar-refractivity contribution < 1.29 is 13.9 Å². The van der Waals surface area contributed by atoms with Crippen molar-refractivity contribution in [1.82, 2.24) is 4.98 Å². The van der Waals surface area contributed by atoms with Crippen molar-refractivity contribution in [2.45, 2.75) is 19.4 Å². The van der Waals surface area contributed by atoms with E-state index in [4.69, 9.17) is 4.74 Å². The molecular weight excluding hydrogens is 326 g/mol. The Morgan fingerprint density at radius 2 is 2.31 bits per heavy atom. The Balaban J connectivity index is 2.35. The largest absolute Gasteiger partial charge is 0.441 e. The van der Waals surface area contributed by atoms with E-state index < -0.39 is 17.5 Å². The molecule has 0 N–H and O–H groups in total. The average Bonchev–Trinajstić information content (AvgIpc) is 2.39. The number of nitrogens with zero attached hydrogens (tertiary/aromatic N) is 2. The predicted molar refractivity (Wildman–Crippen MR) is 64.8 cm³/mol. The van der Waals surface area contributed by atoms with Crippen molar-refractivity contribution in [2.24, 2.45) is 0 Å². The van der Waals surface area contributed by atoms with E-state index in [0.717, 1.165) is 0 Å².